The lowest BCUT2D eigenvalue weighted by atomic mass is 10.1. The van der Waals surface area contributed by atoms with Crippen LogP contribution >= 0.6 is 0 Å². The Balaban J connectivity index is 1.36. The summed E-state index contributed by atoms with van der Waals surface area (Å²) in [5.41, 5.74) is 9.03. The molecule has 1 aliphatic heterocycles. The Kier molecular flexibility index (Phi) is 5.10. The van der Waals surface area contributed by atoms with Gasteiger partial charge >= 0.3 is 0 Å². The van der Waals surface area contributed by atoms with E-state index in [1.54, 1.807) is 0 Å². The standard InChI is InChI=1S/C24H35N5O/c1-14(2)7-22-27-21(17-8-15(3)24(25)26-11-17)12-29(22)23-19-9-18(10-20(19)23)28-5-6-30-13-16(28)4/h8,11-12,14,16,18-20,23H,5-7,9-10,13H2,1-4H3,(H2,25,26)/t16?,18?,19-,20+,23+. The second-order valence-electron chi connectivity index (χ2n) is 10.1. The van der Waals surface area contributed by atoms with Gasteiger partial charge in [0, 0.05) is 49.0 Å². The number of rotatable bonds is 5. The first kappa shape index (κ1) is 20.0. The van der Waals surface area contributed by atoms with Crippen molar-refractivity contribution in [3.8, 4) is 11.3 Å². The van der Waals surface area contributed by atoms with Crippen molar-refractivity contribution in [1.82, 2.24) is 19.4 Å². The number of nitrogen functional groups attached to an aromatic ring is 1. The van der Waals surface area contributed by atoms with Crippen LogP contribution in [0, 0.1) is 24.7 Å². The normalized spacial score (nSPS) is 31.3. The van der Waals surface area contributed by atoms with Crippen molar-refractivity contribution in [2.75, 3.05) is 25.5 Å². The number of morpholine rings is 1. The summed E-state index contributed by atoms with van der Waals surface area (Å²) in [6.45, 7) is 11.7. The Labute approximate surface area is 179 Å². The molecule has 2 aromatic rings. The van der Waals surface area contributed by atoms with Crippen LogP contribution in [0.15, 0.2) is 18.5 Å². The third-order valence-corrected chi connectivity index (χ3v) is 7.40. The lowest BCUT2D eigenvalue weighted by Gasteiger charge is -2.38. The van der Waals surface area contributed by atoms with E-state index in [4.69, 9.17) is 15.5 Å². The van der Waals surface area contributed by atoms with Crippen molar-refractivity contribution in [3.63, 3.8) is 0 Å². The van der Waals surface area contributed by atoms with Crippen LogP contribution in [0.4, 0.5) is 5.82 Å². The number of imidazole rings is 1. The molecule has 3 fully saturated rings. The van der Waals surface area contributed by atoms with E-state index >= 15 is 0 Å². The van der Waals surface area contributed by atoms with Crippen LogP contribution in [0.2, 0.25) is 0 Å². The summed E-state index contributed by atoms with van der Waals surface area (Å²) >= 11 is 0. The van der Waals surface area contributed by atoms with Crippen LogP contribution in [-0.4, -0.2) is 51.3 Å². The Morgan fingerprint density at radius 3 is 2.70 bits per heavy atom. The molecule has 30 heavy (non-hydrogen) atoms. The minimum absolute atomic E-state index is 0.553. The minimum Gasteiger partial charge on any atom is -0.383 e. The number of hydrogen-bond donors (Lipinski definition) is 1. The SMILES string of the molecule is Cc1cc(-c2cn([C@H]3[C@@H]4CC(N5CCOCC5C)C[C@@H]43)c(CC(C)C)n2)cnc1N. The molecule has 0 radical (unpaired) electrons. The van der Waals surface area contributed by atoms with E-state index in [9.17, 15) is 0 Å². The Hall–Kier alpha value is -1.92. The first-order valence-electron chi connectivity index (χ1n) is 11.6. The van der Waals surface area contributed by atoms with Crippen molar-refractivity contribution >= 4 is 5.82 Å². The number of hydrogen-bond acceptors (Lipinski definition) is 5. The molecule has 2 aromatic heterocycles. The highest BCUT2D eigenvalue weighted by Gasteiger charge is 2.58. The van der Waals surface area contributed by atoms with Crippen molar-refractivity contribution in [2.45, 2.75) is 65.1 Å². The van der Waals surface area contributed by atoms with Crippen LogP contribution in [-0.2, 0) is 11.2 Å². The van der Waals surface area contributed by atoms with Gasteiger partial charge in [-0.15, -0.1) is 0 Å². The molecule has 5 atom stereocenters. The van der Waals surface area contributed by atoms with Gasteiger partial charge in [0.05, 0.1) is 18.9 Å². The van der Waals surface area contributed by atoms with Crippen molar-refractivity contribution in [3.05, 3.63) is 29.8 Å². The quantitative estimate of drug-likeness (QED) is 0.815. The predicted molar refractivity (Wildman–Crippen MR) is 119 cm³/mol. The minimum atomic E-state index is 0.553. The van der Waals surface area contributed by atoms with Crippen LogP contribution in [0.1, 0.15) is 51.0 Å². The van der Waals surface area contributed by atoms with E-state index in [0.29, 0.717) is 23.8 Å². The van der Waals surface area contributed by atoms with Crippen LogP contribution in [0.5, 0.6) is 0 Å². The van der Waals surface area contributed by atoms with E-state index < -0.39 is 0 Å². The molecule has 1 saturated heterocycles. The molecule has 3 aliphatic rings. The molecular weight excluding hydrogens is 374 g/mol. The van der Waals surface area contributed by atoms with Gasteiger partial charge in [0.25, 0.3) is 0 Å². The number of anilines is 1. The largest absolute Gasteiger partial charge is 0.383 e. The lowest BCUT2D eigenvalue weighted by molar-refractivity contribution is -0.0236. The zero-order valence-electron chi connectivity index (χ0n) is 18.7. The zero-order valence-corrected chi connectivity index (χ0v) is 18.7. The van der Waals surface area contributed by atoms with E-state index in [2.05, 4.69) is 47.5 Å². The van der Waals surface area contributed by atoms with E-state index in [1.807, 2.05) is 13.1 Å². The van der Waals surface area contributed by atoms with Crippen LogP contribution < -0.4 is 5.73 Å². The summed E-state index contributed by atoms with van der Waals surface area (Å²) in [5, 5.41) is 0. The Morgan fingerprint density at radius 1 is 1.27 bits per heavy atom. The molecule has 0 bridgehead atoms. The summed E-state index contributed by atoms with van der Waals surface area (Å²) in [6, 6.07) is 4.01. The van der Waals surface area contributed by atoms with Crippen LogP contribution in [0.3, 0.4) is 0 Å². The average molecular weight is 410 g/mol. The molecule has 6 nitrogen and oxygen atoms in total. The predicted octanol–water partition coefficient (Wildman–Crippen LogP) is 3.70. The molecular formula is C24H35N5O. The summed E-state index contributed by atoms with van der Waals surface area (Å²) in [7, 11) is 0. The van der Waals surface area contributed by atoms with Gasteiger partial charge in [-0.3, -0.25) is 4.90 Å². The summed E-state index contributed by atoms with van der Waals surface area (Å²) in [4.78, 5) is 12.1. The fourth-order valence-corrected chi connectivity index (χ4v) is 5.81. The van der Waals surface area contributed by atoms with E-state index in [1.165, 1.54) is 18.7 Å². The number of ether oxygens (including phenoxy) is 1. The van der Waals surface area contributed by atoms with Crippen LogP contribution in [0.25, 0.3) is 11.3 Å². The maximum Gasteiger partial charge on any atom is 0.126 e. The Morgan fingerprint density at radius 2 is 2.03 bits per heavy atom. The fourth-order valence-electron chi connectivity index (χ4n) is 5.81. The van der Waals surface area contributed by atoms with Crippen molar-refractivity contribution < 1.29 is 4.74 Å². The van der Waals surface area contributed by atoms with Crippen molar-refractivity contribution in [1.29, 1.82) is 0 Å². The summed E-state index contributed by atoms with van der Waals surface area (Å²) in [5.74, 6) is 4.00. The van der Waals surface area contributed by atoms with Gasteiger partial charge < -0.3 is 15.0 Å². The third-order valence-electron chi connectivity index (χ3n) is 7.40. The van der Waals surface area contributed by atoms with Gasteiger partial charge in [0.15, 0.2) is 0 Å². The second-order valence-corrected chi connectivity index (χ2v) is 10.1. The molecule has 0 spiro atoms. The highest BCUT2D eigenvalue weighted by atomic mass is 16.5. The molecule has 0 amide bonds. The molecule has 2 unspecified atom stereocenters. The highest BCUT2D eigenvalue weighted by Crippen LogP contribution is 2.62. The van der Waals surface area contributed by atoms with Gasteiger partial charge in [0.2, 0.25) is 0 Å². The van der Waals surface area contributed by atoms with Gasteiger partial charge in [-0.1, -0.05) is 13.8 Å². The molecule has 2 aliphatic carbocycles. The monoisotopic (exact) mass is 409 g/mol. The van der Waals surface area contributed by atoms with E-state index in [-0.39, 0.29) is 0 Å². The molecule has 2 saturated carbocycles. The molecule has 0 aromatic carbocycles. The zero-order chi connectivity index (χ0) is 21.0. The first-order valence-corrected chi connectivity index (χ1v) is 11.6. The average Bonchev–Trinajstić information content (AvgIpc) is 3.04. The molecule has 2 N–H and O–H groups in total. The number of pyridine rings is 1. The van der Waals surface area contributed by atoms with Gasteiger partial charge in [-0.05, 0) is 56.1 Å². The molecule has 6 heteroatoms. The smallest absolute Gasteiger partial charge is 0.126 e. The first-order chi connectivity index (χ1) is 14.4. The molecule has 162 valence electrons. The Bertz CT molecular complexity index is 910. The van der Waals surface area contributed by atoms with Crippen molar-refractivity contribution in [2.24, 2.45) is 17.8 Å². The number of fused-ring (bicyclic) bond motifs is 1. The lowest BCUT2D eigenvalue weighted by Crippen LogP contribution is -2.49. The second kappa shape index (κ2) is 7.65. The number of aromatic nitrogens is 3. The highest BCUT2D eigenvalue weighted by molar-refractivity contribution is 5.61. The fraction of sp³-hybridized carbons (Fsp3) is 0.667. The maximum atomic E-state index is 5.92. The topological polar surface area (TPSA) is 69.2 Å². The van der Waals surface area contributed by atoms with Gasteiger partial charge in [0.1, 0.15) is 11.6 Å². The third kappa shape index (κ3) is 3.54. The number of aryl methyl sites for hydroxylation is 1. The molecule has 5 rings (SSSR count). The molecule has 3 heterocycles. The number of nitrogens with zero attached hydrogens (tertiary/aromatic N) is 4. The summed E-state index contributed by atoms with van der Waals surface area (Å²) in [6.07, 6.45) is 7.78. The number of nitrogens with two attached hydrogens (primary N) is 1. The maximum absolute atomic E-state index is 5.92. The van der Waals surface area contributed by atoms with E-state index in [0.717, 1.165) is 60.9 Å². The summed E-state index contributed by atoms with van der Waals surface area (Å²) < 4.78 is 8.16. The van der Waals surface area contributed by atoms with Gasteiger partial charge in [-0.2, -0.15) is 0 Å². The van der Waals surface area contributed by atoms with Gasteiger partial charge in [-0.25, -0.2) is 9.97 Å².